The topological polar surface area (TPSA) is 106 Å². The minimum Gasteiger partial charge on any atom is -0.399 e. The molecule has 2 aromatic rings. The molecule has 5 N–H and O–H groups in total. The molecular formula is C12H14N2O3S. The zero-order chi connectivity index (χ0) is 13.6. The van der Waals surface area contributed by atoms with E-state index in [-0.39, 0.29) is 4.90 Å². The molecule has 0 bridgehead atoms. The third kappa shape index (κ3) is 4.86. The molecule has 0 saturated carbocycles. The summed E-state index contributed by atoms with van der Waals surface area (Å²) in [6, 6.07) is 14.5. The van der Waals surface area contributed by atoms with E-state index in [2.05, 4.69) is 0 Å². The first kappa shape index (κ1) is 14.0. The lowest BCUT2D eigenvalue weighted by Crippen LogP contribution is -1.96. The van der Waals surface area contributed by atoms with Gasteiger partial charge in [-0.25, -0.2) is 0 Å². The lowest BCUT2D eigenvalue weighted by atomic mass is 10.3. The van der Waals surface area contributed by atoms with Gasteiger partial charge >= 0.3 is 0 Å². The van der Waals surface area contributed by atoms with Gasteiger partial charge in [-0.05, 0) is 36.4 Å². The van der Waals surface area contributed by atoms with Crippen molar-refractivity contribution < 1.29 is 13.0 Å². The van der Waals surface area contributed by atoms with Crippen LogP contribution in [0.1, 0.15) is 0 Å². The monoisotopic (exact) mass is 266 g/mol. The molecule has 0 saturated heterocycles. The van der Waals surface area contributed by atoms with E-state index in [0.717, 1.165) is 11.4 Å². The van der Waals surface area contributed by atoms with E-state index >= 15 is 0 Å². The molecule has 18 heavy (non-hydrogen) atoms. The molecule has 6 heteroatoms. The highest BCUT2D eigenvalue weighted by Crippen LogP contribution is 2.05. The van der Waals surface area contributed by atoms with E-state index in [4.69, 9.17) is 16.0 Å². The molecule has 0 aliphatic rings. The fourth-order valence-electron chi connectivity index (χ4n) is 1.09. The highest BCUT2D eigenvalue weighted by Gasteiger charge is 2.05. The molecule has 0 unspecified atom stereocenters. The first-order chi connectivity index (χ1) is 8.39. The van der Waals surface area contributed by atoms with Gasteiger partial charge in [-0.15, -0.1) is 0 Å². The van der Waals surface area contributed by atoms with Gasteiger partial charge in [0.05, 0.1) is 4.90 Å². The van der Waals surface area contributed by atoms with Crippen molar-refractivity contribution in [2.24, 2.45) is 0 Å². The van der Waals surface area contributed by atoms with Gasteiger partial charge in [0.15, 0.2) is 0 Å². The van der Waals surface area contributed by atoms with E-state index in [1.54, 1.807) is 42.5 Å². The minimum absolute atomic E-state index is 0.0741. The smallest absolute Gasteiger partial charge is 0.294 e. The number of hydrogen-bond donors (Lipinski definition) is 3. The Morgan fingerprint density at radius 3 is 1.44 bits per heavy atom. The van der Waals surface area contributed by atoms with Crippen LogP contribution in [0.2, 0.25) is 0 Å². The van der Waals surface area contributed by atoms with Gasteiger partial charge in [-0.3, -0.25) is 4.55 Å². The number of benzene rings is 2. The second-order valence-corrected chi connectivity index (χ2v) is 4.88. The van der Waals surface area contributed by atoms with Crippen LogP contribution in [-0.2, 0) is 10.1 Å². The number of nitrogen functional groups attached to an aromatic ring is 2. The largest absolute Gasteiger partial charge is 0.399 e. The van der Waals surface area contributed by atoms with Crippen LogP contribution in [0.5, 0.6) is 0 Å². The quantitative estimate of drug-likeness (QED) is 0.539. The summed E-state index contributed by atoms with van der Waals surface area (Å²) >= 11 is 0. The molecule has 0 radical (unpaired) electrons. The second kappa shape index (κ2) is 6.04. The SMILES string of the molecule is Nc1ccc(N)cc1.O=S(=O)(O)c1ccccc1. The van der Waals surface area contributed by atoms with E-state index in [0.29, 0.717) is 0 Å². The van der Waals surface area contributed by atoms with Gasteiger partial charge in [0.1, 0.15) is 0 Å². The molecule has 0 fully saturated rings. The molecule has 0 heterocycles. The van der Waals surface area contributed by atoms with Crippen molar-refractivity contribution in [1.82, 2.24) is 0 Å². The Morgan fingerprint density at radius 2 is 1.17 bits per heavy atom. The summed E-state index contributed by atoms with van der Waals surface area (Å²) in [7, 11) is -4.00. The molecule has 5 nitrogen and oxygen atoms in total. The zero-order valence-corrected chi connectivity index (χ0v) is 10.3. The Balaban J connectivity index is 0.000000184. The van der Waals surface area contributed by atoms with E-state index in [1.165, 1.54) is 12.1 Å². The summed E-state index contributed by atoms with van der Waals surface area (Å²) in [5, 5.41) is 0. The molecule has 0 aromatic heterocycles. The Kier molecular flexibility index (Phi) is 4.70. The van der Waals surface area contributed by atoms with Crippen LogP contribution in [0.3, 0.4) is 0 Å². The van der Waals surface area contributed by atoms with Gasteiger partial charge in [0.25, 0.3) is 10.1 Å². The molecule has 0 amide bonds. The lowest BCUT2D eigenvalue weighted by molar-refractivity contribution is 0.483. The number of anilines is 2. The van der Waals surface area contributed by atoms with Gasteiger partial charge in [-0.2, -0.15) is 8.42 Å². The standard InChI is InChI=1S/C6H8N2.C6H6O3S/c7-5-1-2-6(8)4-3-5;7-10(8,9)6-4-2-1-3-5-6/h1-4H,7-8H2;1-5H,(H,7,8,9). The van der Waals surface area contributed by atoms with E-state index < -0.39 is 10.1 Å². The third-order valence-electron chi connectivity index (χ3n) is 1.98. The first-order valence-corrected chi connectivity index (χ1v) is 6.47. The zero-order valence-electron chi connectivity index (χ0n) is 9.52. The van der Waals surface area contributed by atoms with Gasteiger partial charge in [-0.1, -0.05) is 18.2 Å². The van der Waals surface area contributed by atoms with Crippen molar-refractivity contribution in [1.29, 1.82) is 0 Å². The van der Waals surface area contributed by atoms with Crippen molar-refractivity contribution >= 4 is 21.5 Å². The molecule has 2 rings (SSSR count). The average molecular weight is 266 g/mol. The van der Waals surface area contributed by atoms with Crippen molar-refractivity contribution in [3.05, 3.63) is 54.6 Å². The van der Waals surface area contributed by atoms with Gasteiger partial charge in [0.2, 0.25) is 0 Å². The maximum absolute atomic E-state index is 10.4. The van der Waals surface area contributed by atoms with Crippen LogP contribution < -0.4 is 11.5 Å². The van der Waals surface area contributed by atoms with Crippen molar-refractivity contribution in [2.45, 2.75) is 4.90 Å². The van der Waals surface area contributed by atoms with Crippen molar-refractivity contribution in [2.75, 3.05) is 11.5 Å². The predicted octanol–water partition coefficient (Wildman–Crippen LogP) is 1.78. The molecule has 96 valence electrons. The summed E-state index contributed by atoms with van der Waals surface area (Å²) in [5.74, 6) is 0. The highest BCUT2D eigenvalue weighted by atomic mass is 32.2. The predicted molar refractivity (Wildman–Crippen MR) is 71.5 cm³/mol. The molecule has 0 aliphatic carbocycles. The van der Waals surface area contributed by atoms with Crippen LogP contribution in [0.25, 0.3) is 0 Å². The minimum atomic E-state index is -4.00. The molecule has 2 aromatic carbocycles. The van der Waals surface area contributed by atoms with Crippen molar-refractivity contribution in [3.63, 3.8) is 0 Å². The summed E-state index contributed by atoms with van der Waals surface area (Å²) in [6.07, 6.45) is 0. The lowest BCUT2D eigenvalue weighted by Gasteiger charge is -1.92. The molecular weight excluding hydrogens is 252 g/mol. The Hall–Kier alpha value is -2.05. The van der Waals surface area contributed by atoms with Gasteiger partial charge < -0.3 is 11.5 Å². The number of hydrogen-bond acceptors (Lipinski definition) is 4. The Bertz CT molecular complexity index is 559. The summed E-state index contributed by atoms with van der Waals surface area (Å²) in [6.45, 7) is 0. The third-order valence-corrected chi connectivity index (χ3v) is 2.85. The van der Waals surface area contributed by atoms with Crippen LogP contribution in [0.15, 0.2) is 59.5 Å². The summed E-state index contributed by atoms with van der Waals surface area (Å²) in [4.78, 5) is -0.0741. The number of nitrogens with two attached hydrogens (primary N) is 2. The first-order valence-electron chi connectivity index (χ1n) is 5.03. The molecule has 0 atom stereocenters. The molecule has 0 spiro atoms. The second-order valence-electron chi connectivity index (χ2n) is 3.45. The fraction of sp³-hybridized carbons (Fsp3) is 0. The Labute approximate surface area is 106 Å². The fourth-order valence-corrected chi connectivity index (χ4v) is 1.59. The normalized spacial score (nSPS) is 10.3. The van der Waals surface area contributed by atoms with Gasteiger partial charge in [0, 0.05) is 11.4 Å². The average Bonchev–Trinajstić information content (AvgIpc) is 2.34. The summed E-state index contributed by atoms with van der Waals surface area (Å²) < 4.78 is 29.2. The summed E-state index contributed by atoms with van der Waals surface area (Å²) in [5.41, 5.74) is 12.2. The van der Waals surface area contributed by atoms with Crippen LogP contribution >= 0.6 is 0 Å². The van der Waals surface area contributed by atoms with Crippen LogP contribution in [0.4, 0.5) is 11.4 Å². The van der Waals surface area contributed by atoms with E-state index in [1.807, 2.05) is 0 Å². The molecule has 0 aliphatic heterocycles. The highest BCUT2D eigenvalue weighted by molar-refractivity contribution is 7.85. The van der Waals surface area contributed by atoms with Crippen LogP contribution in [0, 0.1) is 0 Å². The van der Waals surface area contributed by atoms with E-state index in [9.17, 15) is 8.42 Å². The van der Waals surface area contributed by atoms with Crippen LogP contribution in [-0.4, -0.2) is 13.0 Å². The maximum Gasteiger partial charge on any atom is 0.294 e. The van der Waals surface area contributed by atoms with Crippen molar-refractivity contribution in [3.8, 4) is 0 Å². The maximum atomic E-state index is 10.4. The number of rotatable bonds is 1. The Morgan fingerprint density at radius 1 is 0.778 bits per heavy atom.